The third-order valence-corrected chi connectivity index (χ3v) is 3.45. The SMILES string of the molecule is c1ccc2c(c1)nc1ccc3[nH]snc3c12. The van der Waals surface area contributed by atoms with E-state index in [1.54, 1.807) is 0 Å². The number of hydrogen-bond acceptors (Lipinski definition) is 3. The van der Waals surface area contributed by atoms with E-state index in [0.29, 0.717) is 0 Å². The average molecular weight is 225 g/mol. The van der Waals surface area contributed by atoms with Crippen LogP contribution in [-0.4, -0.2) is 13.7 Å². The smallest absolute Gasteiger partial charge is 0.112 e. The molecule has 2 aromatic carbocycles. The fourth-order valence-corrected chi connectivity index (χ4v) is 2.74. The lowest BCUT2D eigenvalue weighted by atomic mass is 10.1. The topological polar surface area (TPSA) is 41.6 Å². The van der Waals surface area contributed by atoms with Crippen molar-refractivity contribution >= 4 is 44.6 Å². The minimum Gasteiger partial charge on any atom is -0.293 e. The van der Waals surface area contributed by atoms with Gasteiger partial charge in [0.05, 0.1) is 16.6 Å². The molecule has 0 amide bonds. The highest BCUT2D eigenvalue weighted by atomic mass is 32.1. The maximum absolute atomic E-state index is 4.60. The summed E-state index contributed by atoms with van der Waals surface area (Å²) in [4.78, 5) is 4.60. The molecular weight excluding hydrogens is 218 g/mol. The number of hydrogen-bond donors (Lipinski definition) is 1. The largest absolute Gasteiger partial charge is 0.293 e. The predicted octanol–water partition coefficient (Wildman–Crippen LogP) is 3.33. The molecular formula is C12H7N3S. The van der Waals surface area contributed by atoms with Gasteiger partial charge in [-0.1, -0.05) is 18.2 Å². The molecule has 2 aromatic heterocycles. The molecule has 16 heavy (non-hydrogen) atoms. The number of rotatable bonds is 0. The second-order valence-corrected chi connectivity index (χ2v) is 4.34. The van der Waals surface area contributed by atoms with Crippen LogP contribution in [0.3, 0.4) is 0 Å². The number of para-hydroxylation sites is 1. The Kier molecular flexibility index (Phi) is 1.44. The Hall–Kier alpha value is -1.94. The first kappa shape index (κ1) is 8.24. The molecule has 0 bridgehead atoms. The summed E-state index contributed by atoms with van der Waals surface area (Å²) in [6.07, 6.45) is 0. The van der Waals surface area contributed by atoms with E-state index in [9.17, 15) is 0 Å². The van der Waals surface area contributed by atoms with Gasteiger partial charge in [-0.3, -0.25) is 4.37 Å². The lowest BCUT2D eigenvalue weighted by Gasteiger charge is -1.91. The number of aromatic nitrogens is 3. The second kappa shape index (κ2) is 2.80. The number of fused-ring (bicyclic) bond motifs is 5. The van der Waals surface area contributed by atoms with Crippen LogP contribution >= 0.6 is 11.7 Å². The van der Waals surface area contributed by atoms with E-state index in [0.717, 1.165) is 27.5 Å². The molecule has 4 rings (SSSR count). The normalized spacial score (nSPS) is 11.8. The molecule has 4 aromatic rings. The molecule has 0 spiro atoms. The average Bonchev–Trinajstić information content (AvgIpc) is 2.91. The van der Waals surface area contributed by atoms with Gasteiger partial charge in [0.15, 0.2) is 0 Å². The van der Waals surface area contributed by atoms with Crippen LogP contribution in [0.2, 0.25) is 0 Å². The number of H-pyrrole nitrogens is 1. The fraction of sp³-hybridized carbons (Fsp3) is 0. The maximum Gasteiger partial charge on any atom is 0.112 e. The second-order valence-electron chi connectivity index (χ2n) is 3.77. The first-order chi connectivity index (χ1) is 7.93. The van der Waals surface area contributed by atoms with Gasteiger partial charge in [0.1, 0.15) is 5.52 Å². The van der Waals surface area contributed by atoms with Gasteiger partial charge in [-0.25, -0.2) is 4.98 Å². The third kappa shape index (κ3) is 0.919. The van der Waals surface area contributed by atoms with E-state index in [1.807, 2.05) is 30.3 Å². The molecule has 1 N–H and O–H groups in total. The molecule has 0 aliphatic heterocycles. The summed E-state index contributed by atoms with van der Waals surface area (Å²) in [6, 6.07) is 12.3. The van der Waals surface area contributed by atoms with Gasteiger partial charge in [-0.2, -0.15) is 4.37 Å². The molecule has 0 fully saturated rings. The molecule has 2 heterocycles. The first-order valence-electron chi connectivity index (χ1n) is 5.05. The lowest BCUT2D eigenvalue weighted by Crippen LogP contribution is -1.72. The molecule has 3 nitrogen and oxygen atoms in total. The van der Waals surface area contributed by atoms with Crippen molar-refractivity contribution in [3.05, 3.63) is 36.4 Å². The Labute approximate surface area is 95.0 Å². The molecule has 0 aliphatic rings. The molecule has 4 heteroatoms. The Bertz CT molecular complexity index is 813. The number of nitrogens with one attached hydrogen (secondary N) is 1. The van der Waals surface area contributed by atoms with Gasteiger partial charge in [0.2, 0.25) is 0 Å². The van der Waals surface area contributed by atoms with Crippen molar-refractivity contribution in [3.8, 4) is 0 Å². The summed E-state index contributed by atoms with van der Waals surface area (Å²) < 4.78 is 7.58. The van der Waals surface area contributed by atoms with Crippen LogP contribution in [0.5, 0.6) is 0 Å². The van der Waals surface area contributed by atoms with Crippen molar-refractivity contribution in [3.63, 3.8) is 0 Å². The van der Waals surface area contributed by atoms with E-state index in [-0.39, 0.29) is 0 Å². The summed E-state index contributed by atoms with van der Waals surface area (Å²) in [5.74, 6) is 0. The molecule has 76 valence electrons. The summed E-state index contributed by atoms with van der Waals surface area (Å²) >= 11 is 1.38. The van der Waals surface area contributed by atoms with Crippen molar-refractivity contribution in [2.24, 2.45) is 0 Å². The van der Waals surface area contributed by atoms with E-state index < -0.39 is 0 Å². The van der Waals surface area contributed by atoms with Crippen LogP contribution in [0.15, 0.2) is 36.4 Å². The van der Waals surface area contributed by atoms with Crippen molar-refractivity contribution in [1.82, 2.24) is 13.7 Å². The van der Waals surface area contributed by atoms with E-state index in [4.69, 9.17) is 0 Å². The Morgan fingerprint density at radius 1 is 1.00 bits per heavy atom. The number of benzene rings is 2. The Balaban J connectivity index is 2.42. The van der Waals surface area contributed by atoms with E-state index >= 15 is 0 Å². The molecule has 0 unspecified atom stereocenters. The lowest BCUT2D eigenvalue weighted by molar-refractivity contribution is 1.55. The monoisotopic (exact) mass is 225 g/mol. The highest BCUT2D eigenvalue weighted by Crippen LogP contribution is 2.30. The summed E-state index contributed by atoms with van der Waals surface area (Å²) in [6.45, 7) is 0. The molecule has 0 radical (unpaired) electrons. The summed E-state index contributed by atoms with van der Waals surface area (Å²) in [7, 11) is 0. The van der Waals surface area contributed by atoms with Crippen molar-refractivity contribution in [2.45, 2.75) is 0 Å². The zero-order chi connectivity index (χ0) is 10.5. The first-order valence-corrected chi connectivity index (χ1v) is 5.82. The Morgan fingerprint density at radius 2 is 1.94 bits per heavy atom. The van der Waals surface area contributed by atoms with Gasteiger partial charge in [-0.05, 0) is 18.2 Å². The third-order valence-electron chi connectivity index (χ3n) is 2.86. The van der Waals surface area contributed by atoms with Crippen LogP contribution < -0.4 is 0 Å². The van der Waals surface area contributed by atoms with E-state index in [1.165, 1.54) is 17.1 Å². The van der Waals surface area contributed by atoms with E-state index in [2.05, 4.69) is 19.8 Å². The zero-order valence-corrected chi connectivity index (χ0v) is 9.08. The molecule has 0 saturated carbocycles. The van der Waals surface area contributed by atoms with Gasteiger partial charge in [0, 0.05) is 22.5 Å². The quantitative estimate of drug-likeness (QED) is 0.498. The van der Waals surface area contributed by atoms with Crippen molar-refractivity contribution in [2.75, 3.05) is 0 Å². The van der Waals surface area contributed by atoms with Crippen LogP contribution in [0.1, 0.15) is 0 Å². The summed E-state index contributed by atoms with van der Waals surface area (Å²) in [5, 5.41) is 2.34. The highest BCUT2D eigenvalue weighted by molar-refractivity contribution is 7.00. The maximum atomic E-state index is 4.60. The van der Waals surface area contributed by atoms with Gasteiger partial charge in [0.25, 0.3) is 0 Å². The van der Waals surface area contributed by atoms with Crippen LogP contribution in [0, 0.1) is 0 Å². The Morgan fingerprint density at radius 3 is 2.94 bits per heavy atom. The van der Waals surface area contributed by atoms with Crippen molar-refractivity contribution in [1.29, 1.82) is 0 Å². The van der Waals surface area contributed by atoms with Crippen LogP contribution in [0.4, 0.5) is 0 Å². The van der Waals surface area contributed by atoms with Gasteiger partial charge in [-0.15, -0.1) is 0 Å². The standard InChI is InChI=1S/C12H7N3S/c1-2-4-8-7(3-1)11-9(13-8)5-6-10-12(11)15-16-14-10/h1-6,14H. The minimum absolute atomic E-state index is 1.02. The molecule has 0 aliphatic carbocycles. The summed E-state index contributed by atoms with van der Waals surface area (Å²) in [5.41, 5.74) is 4.16. The number of nitrogens with zero attached hydrogens (tertiary/aromatic N) is 2. The minimum atomic E-state index is 1.02. The molecule has 0 saturated heterocycles. The fourth-order valence-electron chi connectivity index (χ4n) is 2.15. The number of aromatic amines is 1. The van der Waals surface area contributed by atoms with Crippen molar-refractivity contribution < 1.29 is 0 Å². The predicted molar refractivity (Wildman–Crippen MR) is 66.8 cm³/mol. The molecule has 0 atom stereocenters. The zero-order valence-electron chi connectivity index (χ0n) is 8.27. The van der Waals surface area contributed by atoms with Crippen LogP contribution in [0.25, 0.3) is 32.8 Å². The van der Waals surface area contributed by atoms with Gasteiger partial charge < -0.3 is 0 Å². The van der Waals surface area contributed by atoms with Crippen LogP contribution in [-0.2, 0) is 0 Å². The highest BCUT2D eigenvalue weighted by Gasteiger charge is 2.10. The van der Waals surface area contributed by atoms with Gasteiger partial charge >= 0.3 is 0 Å².